The fourth-order valence-corrected chi connectivity index (χ4v) is 5.95. The third-order valence-electron chi connectivity index (χ3n) is 6.55. The summed E-state index contributed by atoms with van der Waals surface area (Å²) in [5.74, 6) is 1.49. The molecule has 2 aromatic rings. The number of nitrogens with zero attached hydrogens (tertiary/aromatic N) is 3. The Bertz CT molecular complexity index is 854. The quantitative estimate of drug-likeness (QED) is 0.325. The molecule has 7 heteroatoms. The van der Waals surface area contributed by atoms with Crippen LogP contribution in [0.15, 0.2) is 40.7 Å². The third-order valence-corrected chi connectivity index (χ3v) is 7.49. The molecule has 0 bridgehead atoms. The second-order valence-electron chi connectivity index (χ2n) is 8.64. The van der Waals surface area contributed by atoms with Gasteiger partial charge in [-0.25, -0.2) is 0 Å². The summed E-state index contributed by atoms with van der Waals surface area (Å²) in [4.78, 5) is 10.8. The standard InChI is InChI=1S/C24H35N5S.HI/c1-25-24(26-16-18-10-11-21-19(15-18)7-4-12-28(21)2)27-17-20-8-5-13-29(3)23(20)22-9-6-14-30-22;/h6,9-11,14-15,20,23H,4-5,7-8,12-13,16-17H2,1-3H3,(H2,25,26,27);1H. The van der Waals surface area contributed by atoms with Crippen LogP contribution in [0.5, 0.6) is 0 Å². The molecule has 1 fully saturated rings. The zero-order chi connectivity index (χ0) is 20.9. The first-order valence-corrected chi connectivity index (χ1v) is 12.0. The maximum atomic E-state index is 4.47. The van der Waals surface area contributed by atoms with Gasteiger partial charge in [-0.3, -0.25) is 9.89 Å². The van der Waals surface area contributed by atoms with E-state index in [9.17, 15) is 0 Å². The normalized spacial score (nSPS) is 21.9. The van der Waals surface area contributed by atoms with Gasteiger partial charge in [0.2, 0.25) is 0 Å². The maximum Gasteiger partial charge on any atom is 0.191 e. The summed E-state index contributed by atoms with van der Waals surface area (Å²) in [6, 6.07) is 11.8. The molecular weight excluding hydrogens is 517 g/mol. The Morgan fingerprint density at radius 2 is 2.03 bits per heavy atom. The molecule has 170 valence electrons. The summed E-state index contributed by atoms with van der Waals surface area (Å²) < 4.78 is 0. The molecule has 0 radical (unpaired) electrons. The van der Waals surface area contributed by atoms with Crippen molar-refractivity contribution in [3.8, 4) is 0 Å². The SMILES string of the molecule is CN=C(NCc1ccc2c(c1)CCCN2C)NCC1CCCN(C)C1c1cccs1.I. The minimum absolute atomic E-state index is 0. The largest absolute Gasteiger partial charge is 0.374 e. The van der Waals surface area contributed by atoms with E-state index < -0.39 is 0 Å². The lowest BCUT2D eigenvalue weighted by Crippen LogP contribution is -2.44. The van der Waals surface area contributed by atoms with Gasteiger partial charge >= 0.3 is 0 Å². The number of piperidine rings is 1. The molecule has 1 saturated heterocycles. The number of aliphatic imine (C=N–C) groups is 1. The van der Waals surface area contributed by atoms with Crippen LogP contribution in [0.4, 0.5) is 5.69 Å². The van der Waals surface area contributed by atoms with E-state index in [1.165, 1.54) is 53.9 Å². The maximum absolute atomic E-state index is 4.47. The Balaban J connectivity index is 0.00000272. The lowest BCUT2D eigenvalue weighted by molar-refractivity contribution is 0.125. The number of thiophene rings is 1. The molecule has 31 heavy (non-hydrogen) atoms. The van der Waals surface area contributed by atoms with Crippen LogP contribution in [0, 0.1) is 5.92 Å². The van der Waals surface area contributed by atoms with Gasteiger partial charge < -0.3 is 15.5 Å². The molecule has 2 aliphatic heterocycles. The molecule has 2 unspecified atom stereocenters. The number of nitrogens with one attached hydrogen (secondary N) is 2. The van der Waals surface area contributed by atoms with Crippen LogP contribution in [0.1, 0.15) is 41.3 Å². The van der Waals surface area contributed by atoms with Crippen molar-refractivity contribution < 1.29 is 0 Å². The fourth-order valence-electron chi connectivity index (χ4n) is 4.97. The smallest absolute Gasteiger partial charge is 0.191 e. The number of hydrogen-bond acceptors (Lipinski definition) is 4. The van der Waals surface area contributed by atoms with E-state index in [1.807, 2.05) is 18.4 Å². The van der Waals surface area contributed by atoms with Gasteiger partial charge in [-0.1, -0.05) is 18.2 Å². The Morgan fingerprint density at radius 3 is 2.81 bits per heavy atom. The van der Waals surface area contributed by atoms with Crippen LogP contribution in [0.3, 0.4) is 0 Å². The minimum Gasteiger partial charge on any atom is -0.374 e. The zero-order valence-corrected chi connectivity index (χ0v) is 22.1. The van der Waals surface area contributed by atoms with Crippen LogP contribution in [-0.4, -0.2) is 51.6 Å². The number of rotatable bonds is 5. The number of guanidine groups is 1. The molecule has 5 nitrogen and oxygen atoms in total. The lowest BCUT2D eigenvalue weighted by atomic mass is 9.88. The van der Waals surface area contributed by atoms with E-state index in [-0.39, 0.29) is 24.0 Å². The number of fused-ring (bicyclic) bond motifs is 1. The molecule has 4 rings (SSSR count). The van der Waals surface area contributed by atoms with Crippen LogP contribution in [0.25, 0.3) is 0 Å². The monoisotopic (exact) mass is 553 g/mol. The molecule has 0 saturated carbocycles. The molecule has 1 aromatic heterocycles. The fraction of sp³-hybridized carbons (Fsp3) is 0.542. The zero-order valence-electron chi connectivity index (χ0n) is 18.9. The van der Waals surface area contributed by atoms with Gasteiger partial charge in [0.15, 0.2) is 5.96 Å². The van der Waals surface area contributed by atoms with Crippen molar-refractivity contribution in [1.29, 1.82) is 0 Å². The van der Waals surface area contributed by atoms with E-state index in [1.54, 1.807) is 0 Å². The topological polar surface area (TPSA) is 42.9 Å². The average Bonchev–Trinajstić information content (AvgIpc) is 3.28. The van der Waals surface area contributed by atoms with Crippen LogP contribution >= 0.6 is 35.3 Å². The van der Waals surface area contributed by atoms with E-state index in [0.717, 1.165) is 25.6 Å². The van der Waals surface area contributed by atoms with Gasteiger partial charge in [-0.05, 0) is 73.8 Å². The second kappa shape index (κ2) is 11.5. The van der Waals surface area contributed by atoms with Gasteiger partial charge in [0.1, 0.15) is 0 Å². The Kier molecular flexibility index (Phi) is 9.04. The average molecular weight is 554 g/mol. The molecule has 2 N–H and O–H groups in total. The number of anilines is 1. The van der Waals surface area contributed by atoms with Gasteiger partial charge in [0.05, 0.1) is 0 Å². The summed E-state index contributed by atoms with van der Waals surface area (Å²) in [6.45, 7) is 4.08. The number of halogens is 1. The van der Waals surface area contributed by atoms with Gasteiger partial charge in [0, 0.05) is 50.3 Å². The highest BCUT2D eigenvalue weighted by Crippen LogP contribution is 2.36. The summed E-state index contributed by atoms with van der Waals surface area (Å²) >= 11 is 1.88. The van der Waals surface area contributed by atoms with E-state index in [2.05, 4.69) is 75.2 Å². The van der Waals surface area contributed by atoms with Crippen molar-refractivity contribution in [2.24, 2.45) is 10.9 Å². The first-order chi connectivity index (χ1) is 14.7. The number of benzene rings is 1. The molecule has 0 amide bonds. The molecule has 2 atom stereocenters. The number of hydrogen-bond donors (Lipinski definition) is 2. The highest BCUT2D eigenvalue weighted by molar-refractivity contribution is 14.0. The molecule has 0 aliphatic carbocycles. The molecule has 3 heterocycles. The predicted octanol–water partition coefficient (Wildman–Crippen LogP) is 4.50. The van der Waals surface area contributed by atoms with Crippen molar-refractivity contribution in [2.45, 2.75) is 38.3 Å². The first-order valence-electron chi connectivity index (χ1n) is 11.2. The van der Waals surface area contributed by atoms with Crippen molar-refractivity contribution in [1.82, 2.24) is 15.5 Å². The molecule has 0 spiro atoms. The third kappa shape index (κ3) is 5.93. The van der Waals surface area contributed by atoms with Gasteiger partial charge in [0.25, 0.3) is 0 Å². The Labute approximate surface area is 208 Å². The molecule has 1 aromatic carbocycles. The van der Waals surface area contributed by atoms with E-state index in [0.29, 0.717) is 12.0 Å². The summed E-state index contributed by atoms with van der Waals surface area (Å²) in [6.07, 6.45) is 4.94. The van der Waals surface area contributed by atoms with Crippen molar-refractivity contribution in [2.75, 3.05) is 45.7 Å². The molecular formula is C24H36IN5S. The van der Waals surface area contributed by atoms with Crippen LogP contribution < -0.4 is 15.5 Å². The van der Waals surface area contributed by atoms with Crippen LogP contribution in [-0.2, 0) is 13.0 Å². The lowest BCUT2D eigenvalue weighted by Gasteiger charge is -2.39. The van der Waals surface area contributed by atoms with Crippen molar-refractivity contribution in [3.63, 3.8) is 0 Å². The summed E-state index contributed by atoms with van der Waals surface area (Å²) in [5.41, 5.74) is 4.17. The van der Waals surface area contributed by atoms with E-state index in [4.69, 9.17) is 0 Å². The van der Waals surface area contributed by atoms with Crippen molar-refractivity contribution in [3.05, 3.63) is 51.7 Å². The first kappa shape index (κ1) is 24.3. The summed E-state index contributed by atoms with van der Waals surface area (Å²) in [7, 11) is 6.31. The Hall–Kier alpha value is -1.32. The summed E-state index contributed by atoms with van der Waals surface area (Å²) in [5, 5.41) is 9.31. The van der Waals surface area contributed by atoms with Gasteiger partial charge in [-0.15, -0.1) is 35.3 Å². The number of likely N-dealkylation sites (tertiary alicyclic amines) is 1. The minimum atomic E-state index is 0. The molecule has 2 aliphatic rings. The Morgan fingerprint density at radius 1 is 1.16 bits per heavy atom. The van der Waals surface area contributed by atoms with Crippen molar-refractivity contribution >= 4 is 47.0 Å². The highest BCUT2D eigenvalue weighted by atomic mass is 127. The van der Waals surface area contributed by atoms with Gasteiger partial charge in [-0.2, -0.15) is 0 Å². The highest BCUT2D eigenvalue weighted by Gasteiger charge is 2.31. The van der Waals surface area contributed by atoms with E-state index >= 15 is 0 Å². The second-order valence-corrected chi connectivity index (χ2v) is 9.62. The number of aryl methyl sites for hydroxylation is 1. The van der Waals surface area contributed by atoms with Crippen LogP contribution in [0.2, 0.25) is 0 Å². The predicted molar refractivity (Wildman–Crippen MR) is 144 cm³/mol.